The highest BCUT2D eigenvalue weighted by atomic mass is 16.6. The van der Waals surface area contributed by atoms with Gasteiger partial charge in [0.2, 0.25) is 0 Å². The van der Waals surface area contributed by atoms with E-state index >= 15 is 0 Å². The molecule has 1 aromatic heterocycles. The number of aryl methyl sites for hydroxylation is 1. The standard InChI is InChI=1S/C21H17N5O3/c1-2-14-3-5-15(6-4-14)20-17(13-23-25-20)11-16(12-22)21(27)24-18-7-9-19(10-8-18)26(28)29/h3-11,13H,2H2,1H3,(H,23,25)(H,24,27). The molecule has 0 bridgehead atoms. The fourth-order valence-corrected chi connectivity index (χ4v) is 2.71. The van der Waals surface area contributed by atoms with Gasteiger partial charge in [-0.25, -0.2) is 0 Å². The van der Waals surface area contributed by atoms with E-state index in [1.165, 1.54) is 35.9 Å². The number of carbonyl (C=O) groups is 1. The van der Waals surface area contributed by atoms with Gasteiger partial charge in [-0.05, 0) is 30.2 Å². The highest BCUT2D eigenvalue weighted by molar-refractivity contribution is 6.10. The van der Waals surface area contributed by atoms with E-state index < -0.39 is 10.8 Å². The third-order valence-electron chi connectivity index (χ3n) is 4.32. The summed E-state index contributed by atoms with van der Waals surface area (Å²) in [5.74, 6) is -0.616. The van der Waals surface area contributed by atoms with Crippen molar-refractivity contribution < 1.29 is 9.72 Å². The van der Waals surface area contributed by atoms with Crippen LogP contribution < -0.4 is 5.32 Å². The Morgan fingerprint density at radius 3 is 2.52 bits per heavy atom. The number of nitro groups is 1. The predicted molar refractivity (Wildman–Crippen MR) is 109 cm³/mol. The van der Waals surface area contributed by atoms with Crippen molar-refractivity contribution >= 4 is 23.4 Å². The van der Waals surface area contributed by atoms with Crippen LogP contribution in [-0.4, -0.2) is 21.0 Å². The summed E-state index contributed by atoms with van der Waals surface area (Å²) in [5.41, 5.74) is 3.54. The van der Waals surface area contributed by atoms with Crippen molar-refractivity contribution in [2.75, 3.05) is 5.32 Å². The van der Waals surface area contributed by atoms with Gasteiger partial charge in [0.25, 0.3) is 11.6 Å². The maximum absolute atomic E-state index is 12.5. The van der Waals surface area contributed by atoms with Crippen molar-refractivity contribution in [2.24, 2.45) is 0 Å². The van der Waals surface area contributed by atoms with E-state index in [1.807, 2.05) is 30.3 Å². The molecule has 3 aromatic rings. The fourth-order valence-electron chi connectivity index (χ4n) is 2.71. The van der Waals surface area contributed by atoms with Crippen molar-refractivity contribution in [2.45, 2.75) is 13.3 Å². The summed E-state index contributed by atoms with van der Waals surface area (Å²) >= 11 is 0. The van der Waals surface area contributed by atoms with Gasteiger partial charge >= 0.3 is 0 Å². The molecule has 0 saturated heterocycles. The number of carbonyl (C=O) groups excluding carboxylic acids is 1. The highest BCUT2D eigenvalue weighted by Gasteiger charge is 2.13. The minimum atomic E-state index is -0.616. The number of aromatic nitrogens is 2. The third-order valence-corrected chi connectivity index (χ3v) is 4.32. The fraction of sp³-hybridized carbons (Fsp3) is 0.0952. The molecular weight excluding hydrogens is 370 g/mol. The number of nitrogens with zero attached hydrogens (tertiary/aromatic N) is 3. The molecule has 3 rings (SSSR count). The second-order valence-corrected chi connectivity index (χ2v) is 6.18. The van der Waals surface area contributed by atoms with Crippen molar-refractivity contribution in [1.82, 2.24) is 10.2 Å². The molecule has 8 heteroatoms. The van der Waals surface area contributed by atoms with Gasteiger partial charge in [-0.1, -0.05) is 31.2 Å². The van der Waals surface area contributed by atoms with E-state index in [-0.39, 0.29) is 11.3 Å². The summed E-state index contributed by atoms with van der Waals surface area (Å²) in [6, 6.07) is 15.2. The second-order valence-electron chi connectivity index (χ2n) is 6.18. The van der Waals surface area contributed by atoms with Gasteiger partial charge < -0.3 is 5.32 Å². The van der Waals surface area contributed by atoms with Crippen LogP contribution in [0.2, 0.25) is 0 Å². The lowest BCUT2D eigenvalue weighted by Crippen LogP contribution is -2.13. The highest BCUT2D eigenvalue weighted by Crippen LogP contribution is 2.24. The molecule has 29 heavy (non-hydrogen) atoms. The first kappa shape index (κ1) is 19.5. The van der Waals surface area contributed by atoms with Crippen LogP contribution >= 0.6 is 0 Å². The molecule has 0 unspecified atom stereocenters. The molecular formula is C21H17N5O3. The second kappa shape index (κ2) is 8.63. The Kier molecular flexibility index (Phi) is 5.80. The Balaban J connectivity index is 1.83. The zero-order valence-electron chi connectivity index (χ0n) is 15.5. The van der Waals surface area contributed by atoms with Crippen LogP contribution in [0.5, 0.6) is 0 Å². The number of H-pyrrole nitrogens is 1. The van der Waals surface area contributed by atoms with E-state index in [1.54, 1.807) is 6.20 Å². The number of amides is 1. The Bertz CT molecular complexity index is 1110. The first-order chi connectivity index (χ1) is 14.0. The third kappa shape index (κ3) is 4.54. The Morgan fingerprint density at radius 1 is 1.24 bits per heavy atom. The number of nitrogens with one attached hydrogen (secondary N) is 2. The van der Waals surface area contributed by atoms with E-state index in [4.69, 9.17) is 0 Å². The largest absolute Gasteiger partial charge is 0.321 e. The summed E-state index contributed by atoms with van der Waals surface area (Å²) in [4.78, 5) is 22.6. The predicted octanol–water partition coefficient (Wildman–Crippen LogP) is 4.09. The number of nitro benzene ring substituents is 1. The minimum Gasteiger partial charge on any atom is -0.321 e. The van der Waals surface area contributed by atoms with Crippen molar-refractivity contribution in [3.63, 3.8) is 0 Å². The SMILES string of the molecule is CCc1ccc(-c2[nH]ncc2C=C(C#N)C(=O)Nc2ccc([N+](=O)[O-])cc2)cc1. The number of nitriles is 1. The maximum Gasteiger partial charge on any atom is 0.269 e. The number of rotatable bonds is 6. The van der Waals surface area contributed by atoms with E-state index in [0.717, 1.165) is 12.0 Å². The normalized spacial score (nSPS) is 11.0. The lowest BCUT2D eigenvalue weighted by molar-refractivity contribution is -0.384. The Morgan fingerprint density at radius 2 is 1.93 bits per heavy atom. The number of aromatic amines is 1. The summed E-state index contributed by atoms with van der Waals surface area (Å²) in [5, 5.41) is 29.6. The number of non-ortho nitro benzene ring substituents is 1. The maximum atomic E-state index is 12.5. The molecule has 0 aliphatic rings. The average molecular weight is 387 g/mol. The lowest BCUT2D eigenvalue weighted by atomic mass is 10.0. The molecule has 2 aromatic carbocycles. The molecule has 0 atom stereocenters. The summed E-state index contributed by atoms with van der Waals surface area (Å²) in [7, 11) is 0. The van der Waals surface area contributed by atoms with Crippen LogP contribution in [0.3, 0.4) is 0 Å². The van der Waals surface area contributed by atoms with Crippen LogP contribution in [0.1, 0.15) is 18.1 Å². The first-order valence-corrected chi connectivity index (χ1v) is 8.82. The van der Waals surface area contributed by atoms with Crippen LogP contribution in [0, 0.1) is 21.4 Å². The van der Waals surface area contributed by atoms with Gasteiger partial charge in [0.15, 0.2) is 0 Å². The van der Waals surface area contributed by atoms with Crippen molar-refractivity contribution in [3.8, 4) is 17.3 Å². The van der Waals surface area contributed by atoms with Crippen molar-refractivity contribution in [3.05, 3.63) is 81.5 Å². The molecule has 0 radical (unpaired) electrons. The minimum absolute atomic E-state index is 0.0869. The van der Waals surface area contributed by atoms with Crippen LogP contribution in [-0.2, 0) is 11.2 Å². The van der Waals surface area contributed by atoms with Gasteiger partial charge in [0, 0.05) is 28.9 Å². The molecule has 0 aliphatic carbocycles. The molecule has 0 spiro atoms. The van der Waals surface area contributed by atoms with Crippen molar-refractivity contribution in [1.29, 1.82) is 5.26 Å². The van der Waals surface area contributed by atoms with Gasteiger partial charge in [0.1, 0.15) is 11.6 Å². The van der Waals surface area contributed by atoms with Crippen LogP contribution in [0.15, 0.2) is 60.3 Å². The number of hydrogen-bond donors (Lipinski definition) is 2. The van der Waals surface area contributed by atoms with E-state index in [2.05, 4.69) is 22.4 Å². The Hall–Kier alpha value is -4.25. The molecule has 1 amide bonds. The first-order valence-electron chi connectivity index (χ1n) is 8.82. The quantitative estimate of drug-likeness (QED) is 0.285. The summed E-state index contributed by atoms with van der Waals surface area (Å²) in [6.45, 7) is 2.07. The molecule has 0 fully saturated rings. The zero-order valence-corrected chi connectivity index (χ0v) is 15.5. The van der Waals surface area contributed by atoms with Gasteiger partial charge in [-0.2, -0.15) is 10.4 Å². The van der Waals surface area contributed by atoms with E-state index in [9.17, 15) is 20.2 Å². The lowest BCUT2D eigenvalue weighted by Gasteiger charge is -2.05. The summed E-state index contributed by atoms with van der Waals surface area (Å²) in [6.07, 6.45) is 3.92. The molecule has 0 saturated carbocycles. The molecule has 1 heterocycles. The van der Waals surface area contributed by atoms with Crippen LogP contribution in [0.4, 0.5) is 11.4 Å². The average Bonchev–Trinajstić information content (AvgIpc) is 3.20. The molecule has 8 nitrogen and oxygen atoms in total. The van der Waals surface area contributed by atoms with E-state index in [0.29, 0.717) is 16.9 Å². The smallest absolute Gasteiger partial charge is 0.269 e. The van der Waals surface area contributed by atoms with Crippen LogP contribution in [0.25, 0.3) is 17.3 Å². The molecule has 144 valence electrons. The Labute approximate surface area is 166 Å². The monoisotopic (exact) mass is 387 g/mol. The zero-order chi connectivity index (χ0) is 20.8. The topological polar surface area (TPSA) is 125 Å². The molecule has 0 aliphatic heterocycles. The molecule has 2 N–H and O–H groups in total. The number of anilines is 1. The van der Waals surface area contributed by atoms with Gasteiger partial charge in [0.05, 0.1) is 16.8 Å². The van der Waals surface area contributed by atoms with Gasteiger partial charge in [-0.3, -0.25) is 20.0 Å². The number of hydrogen-bond acceptors (Lipinski definition) is 5. The number of benzene rings is 2. The summed E-state index contributed by atoms with van der Waals surface area (Å²) < 4.78 is 0. The van der Waals surface area contributed by atoms with Gasteiger partial charge in [-0.15, -0.1) is 0 Å².